The summed E-state index contributed by atoms with van der Waals surface area (Å²) in [6.07, 6.45) is 9.31. The first-order valence-corrected chi connectivity index (χ1v) is 8.61. The van der Waals surface area contributed by atoms with Gasteiger partial charge in [-0.1, -0.05) is 0 Å². The molecule has 5 aliphatic rings. The third-order valence-electron chi connectivity index (χ3n) is 6.87. The van der Waals surface area contributed by atoms with E-state index in [-0.39, 0.29) is 11.6 Å². The average Bonchev–Trinajstić information content (AvgIpc) is 2.74. The summed E-state index contributed by atoms with van der Waals surface area (Å²) < 4.78 is 5.41. The van der Waals surface area contributed by atoms with Crippen molar-refractivity contribution in [3.8, 4) is 0 Å². The maximum atomic E-state index is 12.6. The summed E-state index contributed by atoms with van der Waals surface area (Å²) in [5, 5.41) is 0. The highest BCUT2D eigenvalue weighted by molar-refractivity contribution is 5.70. The fraction of sp³-hybridized carbons (Fsp3) is 0.941. The molecule has 0 aromatic heterocycles. The van der Waals surface area contributed by atoms with Gasteiger partial charge in [-0.25, -0.2) is 4.79 Å². The number of nitrogens with zero attached hydrogens (tertiary/aromatic N) is 1. The molecule has 5 rings (SSSR count). The summed E-state index contributed by atoms with van der Waals surface area (Å²) in [4.78, 5) is 14.8. The quantitative estimate of drug-likeness (QED) is 0.729. The summed E-state index contributed by atoms with van der Waals surface area (Å²) >= 11 is 0. The van der Waals surface area contributed by atoms with Gasteiger partial charge in [-0.05, 0) is 82.5 Å². The summed E-state index contributed by atoms with van der Waals surface area (Å²) in [6, 6.07) is 0.367. The minimum absolute atomic E-state index is 0.0371. The van der Waals surface area contributed by atoms with E-state index in [1.54, 1.807) is 0 Å². The van der Waals surface area contributed by atoms with Crippen molar-refractivity contribution in [1.29, 1.82) is 0 Å². The molecule has 3 heteroatoms. The Morgan fingerprint density at radius 3 is 2.30 bits per heavy atom. The maximum absolute atomic E-state index is 12.6. The van der Waals surface area contributed by atoms with Crippen LogP contribution in [0.4, 0.5) is 4.79 Å². The zero-order valence-corrected chi connectivity index (χ0v) is 12.8. The average molecular weight is 277 g/mol. The van der Waals surface area contributed by atoms with E-state index in [0.29, 0.717) is 12.6 Å². The normalized spacial score (nSPS) is 49.1. The molecule has 1 aliphatic heterocycles. The van der Waals surface area contributed by atoms with Gasteiger partial charge in [0.15, 0.2) is 0 Å². The lowest BCUT2D eigenvalue weighted by molar-refractivity contribution is -0.117. The van der Waals surface area contributed by atoms with E-state index in [9.17, 15) is 4.79 Å². The first-order valence-electron chi connectivity index (χ1n) is 8.61. The summed E-state index contributed by atoms with van der Waals surface area (Å²) in [6.45, 7) is 4.64. The van der Waals surface area contributed by atoms with Crippen LogP contribution in [-0.4, -0.2) is 29.2 Å². The Kier molecular flexibility index (Phi) is 2.84. The predicted molar refractivity (Wildman–Crippen MR) is 77.3 cm³/mol. The second-order valence-electron chi connectivity index (χ2n) is 7.75. The number of hydrogen-bond donors (Lipinski definition) is 0. The van der Waals surface area contributed by atoms with Crippen LogP contribution in [0.25, 0.3) is 0 Å². The van der Waals surface area contributed by atoms with E-state index in [0.717, 1.165) is 23.7 Å². The van der Waals surface area contributed by atoms with E-state index < -0.39 is 0 Å². The van der Waals surface area contributed by atoms with Crippen LogP contribution in [0.3, 0.4) is 0 Å². The van der Waals surface area contributed by atoms with Gasteiger partial charge >= 0.3 is 6.09 Å². The van der Waals surface area contributed by atoms with Crippen LogP contribution in [0, 0.1) is 23.7 Å². The van der Waals surface area contributed by atoms with Crippen molar-refractivity contribution in [3.63, 3.8) is 0 Å². The van der Waals surface area contributed by atoms with E-state index in [4.69, 9.17) is 4.74 Å². The Bertz CT molecular complexity index is 391. The van der Waals surface area contributed by atoms with Crippen molar-refractivity contribution in [2.24, 2.45) is 23.7 Å². The highest BCUT2D eigenvalue weighted by atomic mass is 16.6. The first-order chi connectivity index (χ1) is 9.65. The Morgan fingerprint density at radius 2 is 1.75 bits per heavy atom. The molecular formula is C17H27NO2. The van der Waals surface area contributed by atoms with Crippen molar-refractivity contribution < 1.29 is 9.53 Å². The van der Waals surface area contributed by atoms with E-state index in [1.807, 2.05) is 6.92 Å². The first kappa shape index (κ1) is 13.0. The zero-order chi connectivity index (χ0) is 13.9. The maximum Gasteiger partial charge on any atom is 0.410 e. The van der Waals surface area contributed by atoms with Crippen LogP contribution in [0.15, 0.2) is 0 Å². The zero-order valence-electron chi connectivity index (χ0n) is 12.8. The van der Waals surface area contributed by atoms with Crippen molar-refractivity contribution in [2.75, 3.05) is 6.61 Å². The largest absolute Gasteiger partial charge is 0.450 e. The summed E-state index contributed by atoms with van der Waals surface area (Å²) in [7, 11) is 0. The van der Waals surface area contributed by atoms with Gasteiger partial charge in [0, 0.05) is 6.04 Å². The van der Waals surface area contributed by atoms with Crippen LogP contribution in [0.2, 0.25) is 0 Å². The van der Waals surface area contributed by atoms with Crippen LogP contribution in [-0.2, 0) is 4.74 Å². The molecule has 20 heavy (non-hydrogen) atoms. The summed E-state index contributed by atoms with van der Waals surface area (Å²) in [5.41, 5.74) is 0.166. The number of carbonyl (C=O) groups excluding carboxylic acids is 1. The van der Waals surface area contributed by atoms with Gasteiger partial charge < -0.3 is 4.74 Å². The lowest BCUT2D eigenvalue weighted by atomic mass is 9.48. The third-order valence-corrected chi connectivity index (χ3v) is 6.87. The Morgan fingerprint density at radius 1 is 1.15 bits per heavy atom. The Labute approximate surface area is 122 Å². The third kappa shape index (κ3) is 1.55. The molecule has 112 valence electrons. The molecule has 4 aliphatic carbocycles. The smallest absolute Gasteiger partial charge is 0.410 e. The molecule has 1 atom stereocenters. The standard InChI is InChI=1S/C17H27NO2/c1-3-20-16(19)18-11(2)4-5-17(18)14-7-12-6-13(9-14)10-15(17)8-12/h11-15H,3-10H2,1-2H3. The molecule has 1 saturated heterocycles. The van der Waals surface area contributed by atoms with Crippen molar-refractivity contribution >= 4 is 6.09 Å². The SMILES string of the molecule is CCOC(=O)N1C(C)CCC12C1CC3CC(C1)CC2C3. The number of likely N-dealkylation sites (tertiary alicyclic amines) is 1. The van der Waals surface area contributed by atoms with E-state index in [2.05, 4.69) is 11.8 Å². The van der Waals surface area contributed by atoms with Gasteiger partial charge in [0.05, 0.1) is 12.1 Å². The topological polar surface area (TPSA) is 29.5 Å². The fourth-order valence-electron chi connectivity index (χ4n) is 6.44. The molecular weight excluding hydrogens is 250 g/mol. The lowest BCUT2D eigenvalue weighted by Crippen LogP contribution is -2.65. The molecule has 4 saturated carbocycles. The predicted octanol–water partition coefficient (Wildman–Crippen LogP) is 3.82. The summed E-state index contributed by atoms with van der Waals surface area (Å²) in [5.74, 6) is 3.44. The van der Waals surface area contributed by atoms with E-state index in [1.165, 1.54) is 44.9 Å². The number of ether oxygens (including phenoxy) is 1. The van der Waals surface area contributed by atoms with Gasteiger partial charge in [-0.2, -0.15) is 0 Å². The highest BCUT2D eigenvalue weighted by Gasteiger charge is 2.63. The van der Waals surface area contributed by atoms with Crippen molar-refractivity contribution in [2.45, 2.75) is 70.4 Å². The monoisotopic (exact) mass is 277 g/mol. The van der Waals surface area contributed by atoms with Gasteiger partial charge in [0.1, 0.15) is 0 Å². The van der Waals surface area contributed by atoms with Gasteiger partial charge in [0.25, 0.3) is 0 Å². The van der Waals surface area contributed by atoms with Gasteiger partial charge in [-0.15, -0.1) is 0 Å². The molecule has 5 fully saturated rings. The molecule has 0 aromatic carbocycles. The van der Waals surface area contributed by atoms with Crippen LogP contribution in [0.5, 0.6) is 0 Å². The molecule has 4 bridgehead atoms. The fourth-order valence-corrected chi connectivity index (χ4v) is 6.44. The molecule has 0 N–H and O–H groups in total. The van der Waals surface area contributed by atoms with Crippen LogP contribution in [0.1, 0.15) is 58.8 Å². The second kappa shape index (κ2) is 4.38. The number of amides is 1. The van der Waals surface area contributed by atoms with Gasteiger partial charge in [0.2, 0.25) is 0 Å². The van der Waals surface area contributed by atoms with E-state index >= 15 is 0 Å². The minimum atomic E-state index is -0.0371. The molecule has 1 amide bonds. The van der Waals surface area contributed by atoms with Crippen molar-refractivity contribution in [3.05, 3.63) is 0 Å². The van der Waals surface area contributed by atoms with Gasteiger partial charge in [-0.3, -0.25) is 4.90 Å². The van der Waals surface area contributed by atoms with Crippen molar-refractivity contribution in [1.82, 2.24) is 4.90 Å². The lowest BCUT2D eigenvalue weighted by Gasteiger charge is -2.62. The minimum Gasteiger partial charge on any atom is -0.450 e. The number of hydrogen-bond acceptors (Lipinski definition) is 2. The molecule has 1 heterocycles. The Balaban J connectivity index is 1.69. The molecule has 1 spiro atoms. The second-order valence-corrected chi connectivity index (χ2v) is 7.75. The number of rotatable bonds is 1. The molecule has 1 unspecified atom stereocenters. The molecule has 0 radical (unpaired) electrons. The highest BCUT2D eigenvalue weighted by Crippen LogP contribution is 2.63. The van der Waals surface area contributed by atoms with Crippen LogP contribution >= 0.6 is 0 Å². The Hall–Kier alpha value is -0.730. The molecule has 0 aromatic rings. The number of carbonyl (C=O) groups is 1. The molecule has 3 nitrogen and oxygen atoms in total. The van der Waals surface area contributed by atoms with Crippen LogP contribution < -0.4 is 0 Å².